The fraction of sp³-hybridized carbons (Fsp3) is 0.304. The zero-order valence-corrected chi connectivity index (χ0v) is 20.4. The van der Waals surface area contributed by atoms with Crippen LogP contribution >= 0.6 is 11.3 Å². The van der Waals surface area contributed by atoms with E-state index in [4.69, 9.17) is 0 Å². The van der Waals surface area contributed by atoms with Gasteiger partial charge in [0.1, 0.15) is 9.90 Å². The van der Waals surface area contributed by atoms with Gasteiger partial charge in [0.25, 0.3) is 5.91 Å². The summed E-state index contributed by atoms with van der Waals surface area (Å²) in [6, 6.07) is 14.0. The molecular formula is C23H25N5O4S2. The van der Waals surface area contributed by atoms with Crippen LogP contribution in [0, 0.1) is 6.92 Å². The number of amides is 2. The van der Waals surface area contributed by atoms with Crippen LogP contribution in [-0.2, 0) is 14.8 Å². The van der Waals surface area contributed by atoms with Crippen LogP contribution in [0.2, 0.25) is 0 Å². The number of carbonyl (C=O) groups excluding carboxylic acids is 2. The van der Waals surface area contributed by atoms with Gasteiger partial charge in [0.2, 0.25) is 20.9 Å². The highest BCUT2D eigenvalue weighted by Gasteiger charge is 2.34. The lowest BCUT2D eigenvalue weighted by Crippen LogP contribution is -2.39. The highest BCUT2D eigenvalue weighted by Crippen LogP contribution is 2.34. The second-order valence-electron chi connectivity index (χ2n) is 8.15. The van der Waals surface area contributed by atoms with Gasteiger partial charge in [0, 0.05) is 31.6 Å². The molecule has 1 fully saturated rings. The highest BCUT2D eigenvalue weighted by molar-refractivity contribution is 7.89. The van der Waals surface area contributed by atoms with E-state index in [1.54, 1.807) is 37.3 Å². The molecular weight excluding hydrogens is 474 g/mol. The lowest BCUT2D eigenvalue weighted by Gasteiger charge is -2.31. The summed E-state index contributed by atoms with van der Waals surface area (Å²) < 4.78 is 28.4. The van der Waals surface area contributed by atoms with Gasteiger partial charge < -0.3 is 10.6 Å². The van der Waals surface area contributed by atoms with E-state index in [1.165, 1.54) is 22.6 Å². The van der Waals surface area contributed by atoms with E-state index in [0.717, 1.165) is 12.0 Å². The number of aromatic nitrogens is 2. The van der Waals surface area contributed by atoms with E-state index in [1.807, 2.05) is 18.2 Å². The minimum absolute atomic E-state index is 0.0727. The Morgan fingerprint density at radius 2 is 1.85 bits per heavy atom. The molecule has 1 unspecified atom stereocenters. The van der Waals surface area contributed by atoms with Crippen LogP contribution in [0.15, 0.2) is 53.4 Å². The number of para-hydroxylation sites is 1. The molecule has 2 amide bonds. The van der Waals surface area contributed by atoms with Crippen LogP contribution in [0.5, 0.6) is 0 Å². The molecule has 2 aromatic carbocycles. The predicted octanol–water partition coefficient (Wildman–Crippen LogP) is 3.63. The van der Waals surface area contributed by atoms with Crippen LogP contribution in [0.3, 0.4) is 0 Å². The van der Waals surface area contributed by atoms with Crippen molar-refractivity contribution in [1.29, 1.82) is 0 Å². The molecule has 0 aliphatic carbocycles. The van der Waals surface area contributed by atoms with Gasteiger partial charge in [-0.25, -0.2) is 8.42 Å². The number of piperidine rings is 1. The summed E-state index contributed by atoms with van der Waals surface area (Å²) in [6.07, 6.45) is 1.39. The minimum atomic E-state index is -3.86. The predicted molar refractivity (Wildman–Crippen MR) is 131 cm³/mol. The molecule has 1 aliphatic heterocycles. The number of benzene rings is 2. The summed E-state index contributed by atoms with van der Waals surface area (Å²) in [7, 11) is -3.86. The van der Waals surface area contributed by atoms with Crippen molar-refractivity contribution in [1.82, 2.24) is 14.5 Å². The summed E-state index contributed by atoms with van der Waals surface area (Å²) >= 11 is 1.18. The molecule has 0 spiro atoms. The van der Waals surface area contributed by atoms with Crippen LogP contribution < -0.4 is 10.6 Å². The van der Waals surface area contributed by atoms with Gasteiger partial charge in [-0.05, 0) is 49.6 Å². The monoisotopic (exact) mass is 499 g/mol. The van der Waals surface area contributed by atoms with E-state index in [9.17, 15) is 18.0 Å². The number of nitrogens with zero attached hydrogens (tertiary/aromatic N) is 3. The fourth-order valence-electron chi connectivity index (χ4n) is 3.83. The second kappa shape index (κ2) is 10.00. The molecule has 0 saturated carbocycles. The maximum Gasteiger partial charge on any atom is 0.286 e. The molecule has 2 heterocycles. The summed E-state index contributed by atoms with van der Waals surface area (Å²) in [5.41, 5.74) is 1.70. The number of nitrogens with one attached hydrogen (secondary N) is 2. The number of anilines is 2. The van der Waals surface area contributed by atoms with E-state index in [-0.39, 0.29) is 39.9 Å². The Labute approximate surface area is 202 Å². The number of carbonyl (C=O) groups is 2. The smallest absolute Gasteiger partial charge is 0.286 e. The maximum absolute atomic E-state index is 13.5. The van der Waals surface area contributed by atoms with Crippen LogP contribution in [0.1, 0.15) is 46.1 Å². The maximum atomic E-state index is 13.5. The van der Waals surface area contributed by atoms with E-state index >= 15 is 0 Å². The summed E-state index contributed by atoms with van der Waals surface area (Å²) in [4.78, 5) is 24.2. The first-order valence-corrected chi connectivity index (χ1v) is 13.1. The van der Waals surface area contributed by atoms with Crippen molar-refractivity contribution in [3.8, 4) is 0 Å². The fourth-order valence-corrected chi connectivity index (χ4v) is 6.45. The van der Waals surface area contributed by atoms with Crippen molar-refractivity contribution in [2.24, 2.45) is 0 Å². The van der Waals surface area contributed by atoms with Crippen molar-refractivity contribution in [2.45, 2.75) is 37.5 Å². The number of hydrogen-bond donors (Lipinski definition) is 2. The third-order valence-corrected chi connectivity index (χ3v) is 8.46. The molecule has 178 valence electrons. The quantitative estimate of drug-likeness (QED) is 0.534. The Morgan fingerprint density at radius 1 is 1.09 bits per heavy atom. The number of rotatable bonds is 6. The lowest BCUT2D eigenvalue weighted by molar-refractivity contribution is -0.114. The number of hydrogen-bond acceptors (Lipinski definition) is 7. The summed E-state index contributed by atoms with van der Waals surface area (Å²) in [6.45, 7) is 3.74. The second-order valence-corrected chi connectivity index (χ2v) is 11.1. The van der Waals surface area contributed by atoms with E-state index < -0.39 is 10.0 Å². The largest absolute Gasteiger partial charge is 0.325 e. The normalized spacial score (nSPS) is 16.7. The highest BCUT2D eigenvalue weighted by atomic mass is 32.2. The Hall–Kier alpha value is -3.15. The third-order valence-electron chi connectivity index (χ3n) is 5.47. The molecule has 0 bridgehead atoms. The molecule has 9 nitrogen and oxygen atoms in total. The molecule has 2 N–H and O–H groups in total. The zero-order valence-electron chi connectivity index (χ0n) is 18.8. The number of aryl methyl sites for hydroxylation is 1. The summed E-state index contributed by atoms with van der Waals surface area (Å²) in [5, 5.41) is 14.5. The Morgan fingerprint density at radius 3 is 2.59 bits per heavy atom. The Bertz CT molecular complexity index is 1310. The molecule has 1 aliphatic rings. The van der Waals surface area contributed by atoms with Gasteiger partial charge >= 0.3 is 0 Å². The zero-order chi connectivity index (χ0) is 24.3. The van der Waals surface area contributed by atoms with E-state index in [2.05, 4.69) is 20.8 Å². The topological polar surface area (TPSA) is 121 Å². The summed E-state index contributed by atoms with van der Waals surface area (Å²) in [5.74, 6) is -0.865. The van der Waals surface area contributed by atoms with Crippen molar-refractivity contribution in [3.63, 3.8) is 0 Å². The Balaban J connectivity index is 1.52. The lowest BCUT2D eigenvalue weighted by atomic mass is 10.0. The van der Waals surface area contributed by atoms with E-state index in [0.29, 0.717) is 23.7 Å². The van der Waals surface area contributed by atoms with Gasteiger partial charge in [0.15, 0.2) is 0 Å². The first kappa shape index (κ1) is 24.0. The molecule has 1 atom stereocenters. The molecule has 1 saturated heterocycles. The standard InChI is InChI=1S/C23H25N5O4S2/c1-15-10-11-19(24-16(2)29)20(13-15)34(31,32)28-12-6-7-17(14-28)22-26-27-23(33-22)21(30)25-18-8-4-3-5-9-18/h3-5,8-11,13,17H,6-7,12,14H2,1-2H3,(H,24,29)(H,25,30). The molecule has 0 radical (unpaired) electrons. The van der Waals surface area contributed by atoms with Crippen molar-refractivity contribution in [3.05, 3.63) is 64.1 Å². The minimum Gasteiger partial charge on any atom is -0.325 e. The first-order chi connectivity index (χ1) is 16.2. The first-order valence-electron chi connectivity index (χ1n) is 10.8. The SMILES string of the molecule is CC(=O)Nc1ccc(C)cc1S(=O)(=O)N1CCCC(c2nnc(C(=O)Nc3ccccc3)s2)C1. The van der Waals surface area contributed by atoms with Crippen LogP contribution in [0.25, 0.3) is 0 Å². The van der Waals surface area contributed by atoms with Crippen molar-refractivity contribution in [2.75, 3.05) is 23.7 Å². The number of sulfonamides is 1. The van der Waals surface area contributed by atoms with Gasteiger partial charge in [-0.1, -0.05) is 35.6 Å². The average Bonchev–Trinajstić information content (AvgIpc) is 3.31. The Kier molecular flexibility index (Phi) is 7.05. The molecule has 3 aromatic rings. The van der Waals surface area contributed by atoms with Gasteiger partial charge in [-0.3, -0.25) is 9.59 Å². The molecule has 34 heavy (non-hydrogen) atoms. The molecule has 11 heteroatoms. The average molecular weight is 500 g/mol. The van der Waals surface area contributed by atoms with Crippen LogP contribution in [-0.4, -0.2) is 47.8 Å². The molecule has 4 rings (SSSR count). The van der Waals surface area contributed by atoms with Crippen molar-refractivity contribution < 1.29 is 18.0 Å². The van der Waals surface area contributed by atoms with Crippen molar-refractivity contribution >= 4 is 44.5 Å². The van der Waals surface area contributed by atoms with Gasteiger partial charge in [0.05, 0.1) is 5.69 Å². The molecule has 1 aromatic heterocycles. The van der Waals surface area contributed by atoms with Crippen LogP contribution in [0.4, 0.5) is 11.4 Å². The van der Waals surface area contributed by atoms with Gasteiger partial charge in [-0.15, -0.1) is 10.2 Å². The third kappa shape index (κ3) is 5.32. The van der Waals surface area contributed by atoms with Gasteiger partial charge in [-0.2, -0.15) is 4.31 Å².